The molecule has 3 rings (SSSR count). The zero-order valence-corrected chi connectivity index (χ0v) is 14.0. The molecule has 2 heterocycles. The summed E-state index contributed by atoms with van der Waals surface area (Å²) in [5.74, 6) is -0.212. The number of nitrogens with one attached hydrogen (secondary N) is 2. The number of hydrogen-bond donors (Lipinski definition) is 2. The van der Waals surface area contributed by atoms with Crippen LogP contribution in [-0.4, -0.2) is 27.2 Å². The lowest BCUT2D eigenvalue weighted by Gasteiger charge is -2.15. The van der Waals surface area contributed by atoms with Gasteiger partial charge in [-0.2, -0.15) is 5.10 Å². The largest absolute Gasteiger partial charge is 0.350 e. The summed E-state index contributed by atoms with van der Waals surface area (Å²) in [6, 6.07) is 9.14. The van der Waals surface area contributed by atoms with Crippen molar-refractivity contribution >= 4 is 16.7 Å². The van der Waals surface area contributed by atoms with Gasteiger partial charge in [0.25, 0.3) is 11.5 Å². The molecule has 2 N–H and O–H groups in total. The number of pyridine rings is 1. The minimum absolute atomic E-state index is 0.0386. The molecule has 3 aromatic rings. The van der Waals surface area contributed by atoms with Crippen LogP contribution in [0.3, 0.4) is 0 Å². The Morgan fingerprint density at radius 2 is 2.00 bits per heavy atom. The highest BCUT2D eigenvalue weighted by Gasteiger charge is 2.14. The molecule has 0 saturated carbocycles. The van der Waals surface area contributed by atoms with Gasteiger partial charge >= 0.3 is 0 Å². The average molecular weight is 324 g/mol. The third-order valence-corrected chi connectivity index (χ3v) is 4.07. The molecule has 2 aromatic heterocycles. The predicted molar refractivity (Wildman–Crippen MR) is 93.3 cm³/mol. The van der Waals surface area contributed by atoms with Crippen molar-refractivity contribution in [3.63, 3.8) is 0 Å². The Bertz CT molecular complexity index is 955. The van der Waals surface area contributed by atoms with E-state index in [0.29, 0.717) is 22.9 Å². The van der Waals surface area contributed by atoms with Crippen LogP contribution in [0.4, 0.5) is 0 Å². The number of rotatable bonds is 4. The van der Waals surface area contributed by atoms with E-state index >= 15 is 0 Å². The molecule has 0 spiro atoms. The number of benzene rings is 1. The summed E-state index contributed by atoms with van der Waals surface area (Å²) in [6.45, 7) is 6.40. The van der Waals surface area contributed by atoms with E-state index in [4.69, 9.17) is 0 Å². The molecular formula is C18H20N4O2. The minimum atomic E-state index is -0.212. The number of carbonyl (C=O) groups excluding carboxylic acids is 1. The highest BCUT2D eigenvalue weighted by atomic mass is 16.1. The molecule has 0 aliphatic heterocycles. The second kappa shape index (κ2) is 6.31. The van der Waals surface area contributed by atoms with E-state index in [1.807, 2.05) is 37.6 Å². The molecule has 0 saturated heterocycles. The molecule has 6 nitrogen and oxygen atoms in total. The second-order valence-electron chi connectivity index (χ2n) is 6.01. The maximum Gasteiger partial charge on any atom is 0.255 e. The second-order valence-corrected chi connectivity index (χ2v) is 6.01. The van der Waals surface area contributed by atoms with Crippen molar-refractivity contribution in [2.24, 2.45) is 0 Å². The van der Waals surface area contributed by atoms with E-state index in [-0.39, 0.29) is 17.5 Å². The molecule has 0 fully saturated rings. The Morgan fingerprint density at radius 3 is 2.67 bits per heavy atom. The highest BCUT2D eigenvalue weighted by molar-refractivity contribution is 6.06. The van der Waals surface area contributed by atoms with Crippen LogP contribution < -0.4 is 10.9 Å². The molecule has 124 valence electrons. The Hall–Kier alpha value is -2.89. The van der Waals surface area contributed by atoms with Gasteiger partial charge in [0.15, 0.2) is 0 Å². The molecule has 0 radical (unpaired) electrons. The lowest BCUT2D eigenvalue weighted by Crippen LogP contribution is -2.31. The summed E-state index contributed by atoms with van der Waals surface area (Å²) in [7, 11) is 0. The molecule has 0 unspecified atom stereocenters. The van der Waals surface area contributed by atoms with Gasteiger partial charge in [-0.05, 0) is 32.9 Å². The molecule has 24 heavy (non-hydrogen) atoms. The van der Waals surface area contributed by atoms with Crippen molar-refractivity contribution in [1.29, 1.82) is 0 Å². The molecule has 0 aliphatic rings. The zero-order valence-electron chi connectivity index (χ0n) is 14.0. The van der Waals surface area contributed by atoms with Crippen LogP contribution in [0.25, 0.3) is 10.8 Å². The predicted octanol–water partition coefficient (Wildman–Crippen LogP) is 2.33. The monoisotopic (exact) mass is 324 g/mol. The molecule has 1 atom stereocenters. The van der Waals surface area contributed by atoms with Crippen LogP contribution in [0.15, 0.2) is 41.3 Å². The standard InChI is InChI=1S/C18H20N4O2/c1-11-8-12(2)22(21-11)13(3)9-19-18(24)16-10-20-17(23)15-7-5-4-6-14(15)16/h4-8,10,13H,9H2,1-3H3,(H,19,24)(H,20,23)/t13-/m0/s1. The summed E-state index contributed by atoms with van der Waals surface area (Å²) in [5.41, 5.74) is 2.28. The van der Waals surface area contributed by atoms with E-state index in [0.717, 1.165) is 11.4 Å². The fourth-order valence-corrected chi connectivity index (χ4v) is 2.91. The van der Waals surface area contributed by atoms with Crippen molar-refractivity contribution in [3.8, 4) is 0 Å². The fourth-order valence-electron chi connectivity index (χ4n) is 2.91. The summed E-state index contributed by atoms with van der Waals surface area (Å²) < 4.78 is 1.90. The van der Waals surface area contributed by atoms with E-state index in [1.165, 1.54) is 6.20 Å². The van der Waals surface area contributed by atoms with Crippen molar-refractivity contribution in [3.05, 3.63) is 63.8 Å². The third kappa shape index (κ3) is 2.95. The topological polar surface area (TPSA) is 79.8 Å². The van der Waals surface area contributed by atoms with Crippen LogP contribution in [0.5, 0.6) is 0 Å². The van der Waals surface area contributed by atoms with Gasteiger partial charge < -0.3 is 10.3 Å². The van der Waals surface area contributed by atoms with Crippen LogP contribution in [0.2, 0.25) is 0 Å². The first kappa shape index (κ1) is 16.0. The Labute approximate surface area is 139 Å². The van der Waals surface area contributed by atoms with E-state index in [9.17, 15) is 9.59 Å². The lowest BCUT2D eigenvalue weighted by atomic mass is 10.1. The number of amides is 1. The van der Waals surface area contributed by atoms with Crippen LogP contribution in [0.1, 0.15) is 34.7 Å². The Kier molecular flexibility index (Phi) is 4.20. The number of fused-ring (bicyclic) bond motifs is 1. The maximum atomic E-state index is 12.5. The van der Waals surface area contributed by atoms with E-state index in [2.05, 4.69) is 15.4 Å². The molecule has 0 bridgehead atoms. The quantitative estimate of drug-likeness (QED) is 0.773. The summed E-state index contributed by atoms with van der Waals surface area (Å²) >= 11 is 0. The number of nitrogens with zero attached hydrogens (tertiary/aromatic N) is 2. The van der Waals surface area contributed by atoms with Gasteiger partial charge in [-0.15, -0.1) is 0 Å². The van der Waals surface area contributed by atoms with E-state index < -0.39 is 0 Å². The summed E-state index contributed by atoms with van der Waals surface area (Å²) in [6.07, 6.45) is 1.47. The van der Waals surface area contributed by atoms with Crippen molar-refractivity contribution < 1.29 is 4.79 Å². The first-order chi connectivity index (χ1) is 11.5. The van der Waals surface area contributed by atoms with Gasteiger partial charge in [0, 0.05) is 29.2 Å². The minimum Gasteiger partial charge on any atom is -0.350 e. The Morgan fingerprint density at radius 1 is 1.29 bits per heavy atom. The van der Waals surface area contributed by atoms with Crippen molar-refractivity contribution in [2.45, 2.75) is 26.8 Å². The number of carbonyl (C=O) groups is 1. The fraction of sp³-hybridized carbons (Fsp3) is 0.278. The normalized spacial score (nSPS) is 12.3. The van der Waals surface area contributed by atoms with Gasteiger partial charge in [0.1, 0.15) is 0 Å². The SMILES string of the molecule is Cc1cc(C)n([C@@H](C)CNC(=O)c2c[nH]c(=O)c3ccccc23)n1. The maximum absolute atomic E-state index is 12.5. The lowest BCUT2D eigenvalue weighted by molar-refractivity contribution is 0.0949. The number of aryl methyl sites for hydroxylation is 2. The van der Waals surface area contributed by atoms with Crippen molar-refractivity contribution in [1.82, 2.24) is 20.1 Å². The van der Waals surface area contributed by atoms with Crippen molar-refractivity contribution in [2.75, 3.05) is 6.54 Å². The molecule has 0 aliphatic carbocycles. The molecule has 6 heteroatoms. The third-order valence-electron chi connectivity index (χ3n) is 4.07. The van der Waals surface area contributed by atoms with Gasteiger partial charge in [-0.25, -0.2) is 0 Å². The summed E-state index contributed by atoms with van der Waals surface area (Å²) in [4.78, 5) is 27.0. The Balaban J connectivity index is 1.80. The zero-order chi connectivity index (χ0) is 17.3. The van der Waals surface area contributed by atoms with E-state index in [1.54, 1.807) is 18.2 Å². The molecule has 1 aromatic carbocycles. The first-order valence-electron chi connectivity index (χ1n) is 7.88. The first-order valence-corrected chi connectivity index (χ1v) is 7.88. The number of hydrogen-bond acceptors (Lipinski definition) is 3. The van der Waals surface area contributed by atoms with Gasteiger partial charge in [-0.3, -0.25) is 14.3 Å². The highest BCUT2D eigenvalue weighted by Crippen LogP contribution is 2.15. The van der Waals surface area contributed by atoms with Gasteiger partial charge in [0.2, 0.25) is 0 Å². The average Bonchev–Trinajstić information content (AvgIpc) is 2.91. The number of aromatic amines is 1. The smallest absolute Gasteiger partial charge is 0.255 e. The summed E-state index contributed by atoms with van der Waals surface area (Å²) in [5, 5.41) is 8.53. The van der Waals surface area contributed by atoms with Crippen LogP contribution in [0, 0.1) is 13.8 Å². The van der Waals surface area contributed by atoms with Crippen LogP contribution in [-0.2, 0) is 0 Å². The number of H-pyrrole nitrogens is 1. The van der Waals surface area contributed by atoms with Crippen LogP contribution >= 0.6 is 0 Å². The van der Waals surface area contributed by atoms with Gasteiger partial charge in [-0.1, -0.05) is 18.2 Å². The molecule has 1 amide bonds. The molecular weight excluding hydrogens is 304 g/mol. The number of aromatic nitrogens is 3. The van der Waals surface area contributed by atoms with Gasteiger partial charge in [0.05, 0.1) is 17.3 Å².